The lowest BCUT2D eigenvalue weighted by molar-refractivity contribution is -0.155. The average molecular weight is 310 g/mol. The highest BCUT2D eigenvalue weighted by Crippen LogP contribution is 2.41. The Bertz CT molecular complexity index is 460. The van der Waals surface area contributed by atoms with E-state index in [4.69, 9.17) is 14.0 Å². The molecule has 2 rings (SSSR count). The van der Waals surface area contributed by atoms with E-state index < -0.39 is 5.54 Å². The molecule has 0 spiro atoms. The monoisotopic (exact) mass is 310 g/mol. The molecule has 1 fully saturated rings. The van der Waals surface area contributed by atoms with Crippen LogP contribution in [0.15, 0.2) is 5.10 Å². The molecule has 2 aliphatic heterocycles. The first kappa shape index (κ1) is 17.3. The van der Waals surface area contributed by atoms with Gasteiger partial charge in [0.15, 0.2) is 0 Å². The quantitative estimate of drug-likeness (QED) is 0.588. The number of nitrogens with zero attached hydrogens (tertiary/aromatic N) is 2. The second-order valence-corrected chi connectivity index (χ2v) is 7.41. The van der Waals surface area contributed by atoms with Crippen molar-refractivity contribution in [2.24, 2.45) is 5.10 Å². The highest BCUT2D eigenvalue weighted by Gasteiger charge is 2.55. The number of ether oxygens (including phenoxy) is 1. The van der Waals surface area contributed by atoms with Crippen molar-refractivity contribution >= 4 is 19.3 Å². The molecule has 7 heteroatoms. The summed E-state index contributed by atoms with van der Waals surface area (Å²) in [5, 5.41) is 6.13. The predicted octanol–water partition coefficient (Wildman–Crippen LogP) is 2.09. The minimum Gasteiger partial charge on any atom is -0.464 e. The van der Waals surface area contributed by atoms with Crippen molar-refractivity contribution < 1.29 is 18.8 Å². The number of esters is 1. The molecule has 0 amide bonds. The Labute approximate surface area is 133 Å². The lowest BCUT2D eigenvalue weighted by Gasteiger charge is -2.32. The van der Waals surface area contributed by atoms with Gasteiger partial charge < -0.3 is 14.0 Å². The average Bonchev–Trinajstić information content (AvgIpc) is 2.94. The molecule has 1 unspecified atom stereocenters. The summed E-state index contributed by atoms with van der Waals surface area (Å²) in [7, 11) is -0.350. The standard InChI is InChI=1S/C15H27BN2O4/c1-8-20-12(19)13(2,3)18-10-11(9-17-18)16-21-14(4,5)15(6,7)22-16/h9,11H,8,10H2,1-7H3. The largest absolute Gasteiger partial charge is 0.468 e. The highest BCUT2D eigenvalue weighted by molar-refractivity contribution is 6.52. The van der Waals surface area contributed by atoms with Gasteiger partial charge in [0, 0.05) is 12.8 Å². The van der Waals surface area contributed by atoms with E-state index in [9.17, 15) is 4.79 Å². The number of rotatable bonds is 4. The van der Waals surface area contributed by atoms with Crippen LogP contribution in [-0.4, -0.2) is 54.2 Å². The molecule has 0 aromatic rings. The molecule has 2 aliphatic rings. The second kappa shape index (κ2) is 5.53. The van der Waals surface area contributed by atoms with Crippen LogP contribution >= 0.6 is 0 Å². The maximum Gasteiger partial charge on any atom is 0.468 e. The van der Waals surface area contributed by atoms with Crippen LogP contribution < -0.4 is 0 Å². The molecule has 22 heavy (non-hydrogen) atoms. The third-order valence-corrected chi connectivity index (χ3v) is 4.82. The van der Waals surface area contributed by atoms with Gasteiger partial charge in [-0.1, -0.05) is 0 Å². The molecule has 0 aromatic heterocycles. The highest BCUT2D eigenvalue weighted by atomic mass is 16.7. The molecule has 0 N–H and O–H groups in total. The van der Waals surface area contributed by atoms with Crippen molar-refractivity contribution in [3.8, 4) is 0 Å². The van der Waals surface area contributed by atoms with Gasteiger partial charge in [-0.25, -0.2) is 4.79 Å². The Kier molecular flexibility index (Phi) is 4.34. The minimum absolute atomic E-state index is 0.00486. The minimum atomic E-state index is -0.801. The predicted molar refractivity (Wildman–Crippen MR) is 85.7 cm³/mol. The van der Waals surface area contributed by atoms with Crippen LogP contribution in [0.3, 0.4) is 0 Å². The third-order valence-electron chi connectivity index (χ3n) is 4.82. The van der Waals surface area contributed by atoms with E-state index in [0.717, 1.165) is 0 Å². The zero-order chi connectivity index (χ0) is 16.8. The van der Waals surface area contributed by atoms with E-state index in [1.165, 1.54) is 0 Å². The maximum atomic E-state index is 12.1. The summed E-state index contributed by atoms with van der Waals surface area (Å²) >= 11 is 0. The fraction of sp³-hybridized carbons (Fsp3) is 0.867. The van der Waals surface area contributed by atoms with Gasteiger partial charge in [0.05, 0.1) is 23.6 Å². The second-order valence-electron chi connectivity index (χ2n) is 7.41. The van der Waals surface area contributed by atoms with E-state index in [1.807, 2.05) is 47.8 Å². The normalized spacial score (nSPS) is 26.6. The molecule has 6 nitrogen and oxygen atoms in total. The van der Waals surface area contributed by atoms with Crippen LogP contribution in [0.5, 0.6) is 0 Å². The summed E-state index contributed by atoms with van der Waals surface area (Å²) in [6, 6.07) is 0. The molecule has 0 bridgehead atoms. The zero-order valence-electron chi connectivity index (χ0n) is 14.7. The molecule has 1 saturated heterocycles. The summed E-state index contributed by atoms with van der Waals surface area (Å²) in [5.74, 6) is -0.281. The van der Waals surface area contributed by atoms with Gasteiger partial charge in [-0.05, 0) is 48.5 Å². The first-order valence-corrected chi connectivity index (χ1v) is 7.86. The van der Waals surface area contributed by atoms with Crippen molar-refractivity contribution in [1.82, 2.24) is 5.01 Å². The summed E-state index contributed by atoms with van der Waals surface area (Å²) in [5.41, 5.74) is -1.53. The molecule has 0 aliphatic carbocycles. The van der Waals surface area contributed by atoms with Crippen molar-refractivity contribution in [2.45, 2.75) is 71.0 Å². The SMILES string of the molecule is CCOC(=O)C(C)(C)N1CC(B2OC(C)(C)C(C)(C)O2)C=N1. The number of hydrazone groups is 1. The van der Waals surface area contributed by atoms with Crippen molar-refractivity contribution in [2.75, 3.05) is 13.2 Å². The number of hydrogen-bond acceptors (Lipinski definition) is 6. The first-order valence-electron chi connectivity index (χ1n) is 7.86. The Morgan fingerprint density at radius 2 is 1.91 bits per heavy atom. The van der Waals surface area contributed by atoms with Gasteiger partial charge in [0.2, 0.25) is 0 Å². The van der Waals surface area contributed by atoms with Crippen LogP contribution in [-0.2, 0) is 18.8 Å². The van der Waals surface area contributed by atoms with E-state index in [1.54, 1.807) is 11.9 Å². The van der Waals surface area contributed by atoms with E-state index in [0.29, 0.717) is 13.2 Å². The molecular weight excluding hydrogens is 283 g/mol. The molecule has 0 aromatic carbocycles. The molecule has 124 valence electrons. The van der Waals surface area contributed by atoms with E-state index in [-0.39, 0.29) is 30.1 Å². The number of carbonyl (C=O) groups is 1. The van der Waals surface area contributed by atoms with E-state index in [2.05, 4.69) is 5.10 Å². The Balaban J connectivity index is 2.03. The van der Waals surface area contributed by atoms with Gasteiger partial charge >= 0.3 is 13.1 Å². The molecule has 0 radical (unpaired) electrons. The van der Waals surface area contributed by atoms with Gasteiger partial charge in [-0.2, -0.15) is 5.10 Å². The molecule has 1 atom stereocenters. The number of hydrogen-bond donors (Lipinski definition) is 0. The molecule has 0 saturated carbocycles. The number of carbonyl (C=O) groups excluding carboxylic acids is 1. The van der Waals surface area contributed by atoms with Gasteiger partial charge in [-0.15, -0.1) is 0 Å². The third kappa shape index (κ3) is 2.88. The lowest BCUT2D eigenvalue weighted by Crippen LogP contribution is -2.48. The zero-order valence-corrected chi connectivity index (χ0v) is 14.7. The summed E-state index contributed by atoms with van der Waals surface area (Å²) < 4.78 is 17.3. The Morgan fingerprint density at radius 1 is 1.36 bits per heavy atom. The van der Waals surface area contributed by atoms with Crippen molar-refractivity contribution in [3.63, 3.8) is 0 Å². The van der Waals surface area contributed by atoms with E-state index >= 15 is 0 Å². The summed E-state index contributed by atoms with van der Waals surface area (Å²) in [6.07, 6.45) is 1.81. The van der Waals surface area contributed by atoms with Crippen LogP contribution in [0.25, 0.3) is 0 Å². The molecular formula is C15H27BN2O4. The van der Waals surface area contributed by atoms with Gasteiger partial charge in [0.1, 0.15) is 5.54 Å². The fourth-order valence-electron chi connectivity index (χ4n) is 2.47. The van der Waals surface area contributed by atoms with Crippen LogP contribution in [0.1, 0.15) is 48.5 Å². The maximum absolute atomic E-state index is 12.1. The summed E-state index contributed by atoms with van der Waals surface area (Å²) in [6.45, 7) is 14.5. The lowest BCUT2D eigenvalue weighted by atomic mass is 9.72. The Hall–Kier alpha value is -1.08. The molecule has 2 heterocycles. The van der Waals surface area contributed by atoms with Crippen molar-refractivity contribution in [3.05, 3.63) is 0 Å². The first-order chi connectivity index (χ1) is 10.0. The summed E-state index contributed by atoms with van der Waals surface area (Å²) in [4.78, 5) is 12.1. The van der Waals surface area contributed by atoms with Gasteiger partial charge in [-0.3, -0.25) is 5.01 Å². The van der Waals surface area contributed by atoms with Crippen molar-refractivity contribution in [1.29, 1.82) is 0 Å². The Morgan fingerprint density at radius 3 is 2.41 bits per heavy atom. The van der Waals surface area contributed by atoms with Crippen LogP contribution in [0, 0.1) is 0 Å². The topological polar surface area (TPSA) is 60.4 Å². The smallest absolute Gasteiger partial charge is 0.464 e. The van der Waals surface area contributed by atoms with Crippen LogP contribution in [0.4, 0.5) is 0 Å². The van der Waals surface area contributed by atoms with Crippen LogP contribution in [0.2, 0.25) is 5.82 Å². The fourth-order valence-corrected chi connectivity index (χ4v) is 2.47. The van der Waals surface area contributed by atoms with Gasteiger partial charge in [0.25, 0.3) is 0 Å².